The molecule has 16 heavy (non-hydrogen) atoms. The van der Waals surface area contributed by atoms with Crippen LogP contribution in [0, 0.1) is 0 Å². The number of hydrogen-bond acceptors (Lipinski definition) is 1. The van der Waals surface area contributed by atoms with Crippen LogP contribution in [-0.2, 0) is 0 Å². The van der Waals surface area contributed by atoms with Gasteiger partial charge in [0.2, 0.25) is 0 Å². The topological polar surface area (TPSA) is 9.23 Å². The predicted octanol–water partition coefficient (Wildman–Crippen LogP) is 5.38. The SMILES string of the molecule is CC(C)(C)[Si](C)(C)Oc1cccc(Cl)c1Cl. The standard InChI is InChI=1S/C12H18Cl2OSi/c1-12(2,3)16(4,5)15-10-8-6-7-9(13)11(10)14/h6-8H,1-5H3. The summed E-state index contributed by atoms with van der Waals surface area (Å²) in [6.07, 6.45) is 0. The number of benzene rings is 1. The molecule has 0 aliphatic rings. The van der Waals surface area contributed by atoms with Gasteiger partial charge in [0, 0.05) is 0 Å². The van der Waals surface area contributed by atoms with E-state index in [0.717, 1.165) is 0 Å². The predicted molar refractivity (Wildman–Crippen MR) is 74.3 cm³/mol. The van der Waals surface area contributed by atoms with Crippen molar-refractivity contribution < 1.29 is 4.43 Å². The van der Waals surface area contributed by atoms with Crippen molar-refractivity contribution in [2.75, 3.05) is 0 Å². The molecule has 0 saturated heterocycles. The summed E-state index contributed by atoms with van der Waals surface area (Å²) in [4.78, 5) is 0. The molecular formula is C12H18Cl2OSi. The lowest BCUT2D eigenvalue weighted by atomic mass is 10.2. The minimum atomic E-state index is -1.84. The van der Waals surface area contributed by atoms with Crippen molar-refractivity contribution in [3.8, 4) is 5.75 Å². The maximum Gasteiger partial charge on any atom is 0.250 e. The highest BCUT2D eigenvalue weighted by molar-refractivity contribution is 6.74. The average Bonchev–Trinajstić information content (AvgIpc) is 2.11. The van der Waals surface area contributed by atoms with Crippen molar-refractivity contribution in [2.24, 2.45) is 0 Å². The number of rotatable bonds is 2. The molecule has 0 radical (unpaired) electrons. The molecule has 1 nitrogen and oxygen atoms in total. The van der Waals surface area contributed by atoms with Crippen molar-refractivity contribution >= 4 is 31.5 Å². The quantitative estimate of drug-likeness (QED) is 0.660. The van der Waals surface area contributed by atoms with Crippen molar-refractivity contribution in [3.05, 3.63) is 28.2 Å². The van der Waals surface area contributed by atoms with Gasteiger partial charge in [0.25, 0.3) is 8.32 Å². The molecule has 0 saturated carbocycles. The third-order valence-corrected chi connectivity index (χ3v) is 8.23. The first kappa shape index (κ1) is 13.9. The molecule has 0 atom stereocenters. The summed E-state index contributed by atoms with van der Waals surface area (Å²) in [5.41, 5.74) is 0. The minimum absolute atomic E-state index is 0.151. The van der Waals surface area contributed by atoms with Crippen LogP contribution in [0.5, 0.6) is 5.75 Å². The Morgan fingerprint density at radius 3 is 2.19 bits per heavy atom. The summed E-state index contributed by atoms with van der Waals surface area (Å²) >= 11 is 12.1. The molecule has 90 valence electrons. The summed E-state index contributed by atoms with van der Waals surface area (Å²) < 4.78 is 6.10. The van der Waals surface area contributed by atoms with E-state index in [1.54, 1.807) is 6.07 Å². The molecule has 0 amide bonds. The van der Waals surface area contributed by atoms with Gasteiger partial charge in [-0.2, -0.15) is 0 Å². The first-order valence-electron chi connectivity index (χ1n) is 5.28. The van der Waals surface area contributed by atoms with E-state index < -0.39 is 8.32 Å². The smallest absolute Gasteiger partial charge is 0.250 e. The van der Waals surface area contributed by atoms with Crippen LogP contribution in [0.4, 0.5) is 0 Å². The summed E-state index contributed by atoms with van der Waals surface area (Å²) in [6.45, 7) is 10.9. The highest BCUT2D eigenvalue weighted by Crippen LogP contribution is 2.40. The van der Waals surface area contributed by atoms with Gasteiger partial charge in [-0.25, -0.2) is 0 Å². The van der Waals surface area contributed by atoms with Crippen molar-refractivity contribution in [1.29, 1.82) is 0 Å². The zero-order valence-electron chi connectivity index (χ0n) is 10.4. The fourth-order valence-corrected chi connectivity index (χ4v) is 2.41. The van der Waals surface area contributed by atoms with E-state index in [0.29, 0.717) is 15.8 Å². The fraction of sp³-hybridized carbons (Fsp3) is 0.500. The Bertz CT molecular complexity index is 383. The molecule has 0 heterocycles. The highest BCUT2D eigenvalue weighted by atomic mass is 35.5. The molecule has 0 aromatic heterocycles. The van der Waals surface area contributed by atoms with Crippen LogP contribution in [0.1, 0.15) is 20.8 Å². The van der Waals surface area contributed by atoms with Crippen LogP contribution in [0.2, 0.25) is 28.2 Å². The Kier molecular flexibility index (Phi) is 3.98. The van der Waals surface area contributed by atoms with Gasteiger partial charge in [0.1, 0.15) is 5.75 Å². The maximum atomic E-state index is 6.11. The van der Waals surface area contributed by atoms with Crippen LogP contribution in [-0.4, -0.2) is 8.32 Å². The molecule has 1 rings (SSSR count). The molecule has 0 fully saturated rings. The summed E-state index contributed by atoms with van der Waals surface area (Å²) in [6, 6.07) is 5.49. The van der Waals surface area contributed by atoms with Gasteiger partial charge in [0.05, 0.1) is 10.0 Å². The summed E-state index contributed by atoms with van der Waals surface area (Å²) in [7, 11) is -1.84. The molecule has 0 N–H and O–H groups in total. The van der Waals surface area contributed by atoms with Crippen LogP contribution in [0.25, 0.3) is 0 Å². The highest BCUT2D eigenvalue weighted by Gasteiger charge is 2.39. The second-order valence-corrected chi connectivity index (χ2v) is 10.9. The van der Waals surface area contributed by atoms with Crippen LogP contribution in [0.15, 0.2) is 18.2 Å². The van der Waals surface area contributed by atoms with Gasteiger partial charge in [-0.1, -0.05) is 50.0 Å². The first-order chi connectivity index (χ1) is 7.15. The van der Waals surface area contributed by atoms with E-state index in [4.69, 9.17) is 27.6 Å². The molecule has 0 spiro atoms. The number of halogens is 2. The third kappa shape index (κ3) is 2.93. The van der Waals surface area contributed by atoms with E-state index in [2.05, 4.69) is 33.9 Å². The second kappa shape index (κ2) is 4.59. The monoisotopic (exact) mass is 276 g/mol. The molecular weight excluding hydrogens is 259 g/mol. The molecule has 0 aliphatic carbocycles. The van der Waals surface area contributed by atoms with Crippen LogP contribution < -0.4 is 4.43 Å². The Morgan fingerprint density at radius 1 is 1.12 bits per heavy atom. The van der Waals surface area contributed by atoms with Crippen molar-refractivity contribution in [1.82, 2.24) is 0 Å². The Balaban J connectivity index is 3.02. The molecule has 0 unspecified atom stereocenters. The molecule has 4 heteroatoms. The second-order valence-electron chi connectivity index (χ2n) is 5.41. The normalized spacial score (nSPS) is 12.7. The summed E-state index contributed by atoms with van der Waals surface area (Å²) in [5.74, 6) is 0.695. The van der Waals surface area contributed by atoms with E-state index in [1.165, 1.54) is 0 Å². The van der Waals surface area contributed by atoms with E-state index in [-0.39, 0.29) is 5.04 Å². The van der Waals surface area contributed by atoms with Crippen LogP contribution >= 0.6 is 23.2 Å². The zero-order valence-corrected chi connectivity index (χ0v) is 12.9. The molecule has 0 aliphatic heterocycles. The minimum Gasteiger partial charge on any atom is -0.542 e. The maximum absolute atomic E-state index is 6.11. The third-order valence-electron chi connectivity index (χ3n) is 3.09. The Hall–Kier alpha value is -0.183. The van der Waals surface area contributed by atoms with Crippen molar-refractivity contribution in [2.45, 2.75) is 38.9 Å². The molecule has 0 bridgehead atoms. The number of hydrogen-bond donors (Lipinski definition) is 0. The van der Waals surface area contributed by atoms with E-state index in [1.807, 2.05) is 12.1 Å². The lowest BCUT2D eigenvalue weighted by Crippen LogP contribution is -2.43. The lowest BCUT2D eigenvalue weighted by molar-refractivity contribution is 0.492. The van der Waals surface area contributed by atoms with Gasteiger partial charge in [-0.15, -0.1) is 0 Å². The molecule has 1 aromatic carbocycles. The van der Waals surface area contributed by atoms with Gasteiger partial charge >= 0.3 is 0 Å². The van der Waals surface area contributed by atoms with Gasteiger partial charge < -0.3 is 4.43 Å². The summed E-state index contributed by atoms with van der Waals surface area (Å²) in [5, 5.41) is 1.20. The van der Waals surface area contributed by atoms with Gasteiger partial charge in [-0.05, 0) is 30.3 Å². The zero-order chi connectivity index (χ0) is 12.6. The van der Waals surface area contributed by atoms with Gasteiger partial charge in [0.15, 0.2) is 0 Å². The Morgan fingerprint density at radius 2 is 1.69 bits per heavy atom. The Labute approximate surface area is 109 Å². The van der Waals surface area contributed by atoms with Crippen LogP contribution in [0.3, 0.4) is 0 Å². The first-order valence-corrected chi connectivity index (χ1v) is 8.94. The van der Waals surface area contributed by atoms with E-state index in [9.17, 15) is 0 Å². The van der Waals surface area contributed by atoms with Gasteiger partial charge in [-0.3, -0.25) is 0 Å². The van der Waals surface area contributed by atoms with E-state index >= 15 is 0 Å². The largest absolute Gasteiger partial charge is 0.542 e. The molecule has 1 aromatic rings. The lowest BCUT2D eigenvalue weighted by Gasteiger charge is -2.36. The average molecular weight is 277 g/mol. The van der Waals surface area contributed by atoms with Crippen molar-refractivity contribution in [3.63, 3.8) is 0 Å². The fourth-order valence-electron chi connectivity index (χ4n) is 0.991.